The monoisotopic (exact) mass is 262 g/mol. The van der Waals surface area contributed by atoms with Crippen molar-refractivity contribution in [1.29, 1.82) is 0 Å². The summed E-state index contributed by atoms with van der Waals surface area (Å²) in [6.07, 6.45) is 3.14. The van der Waals surface area contributed by atoms with Gasteiger partial charge in [0, 0.05) is 19.4 Å². The smallest absolute Gasteiger partial charge is 0.340 e. The van der Waals surface area contributed by atoms with E-state index in [2.05, 4.69) is 4.98 Å². The fourth-order valence-corrected chi connectivity index (χ4v) is 2.07. The molecule has 1 aliphatic heterocycles. The lowest BCUT2D eigenvalue weighted by atomic mass is 10.0. The Morgan fingerprint density at radius 2 is 2.32 bits per heavy atom. The molecule has 0 fully saturated rings. The molecule has 0 saturated carbocycles. The van der Waals surface area contributed by atoms with E-state index in [1.54, 1.807) is 31.5 Å². The summed E-state index contributed by atoms with van der Waals surface area (Å²) in [6, 6.07) is 2.77. The van der Waals surface area contributed by atoms with Crippen molar-refractivity contribution in [3.8, 4) is 0 Å². The van der Waals surface area contributed by atoms with E-state index in [1.807, 2.05) is 0 Å². The largest absolute Gasteiger partial charge is 0.503 e. The van der Waals surface area contributed by atoms with E-state index in [9.17, 15) is 14.7 Å². The molecule has 0 aromatic carbocycles. The average molecular weight is 262 g/mol. The minimum Gasteiger partial charge on any atom is -0.503 e. The van der Waals surface area contributed by atoms with Gasteiger partial charge in [0.1, 0.15) is 5.57 Å². The number of carbonyl (C=O) groups is 2. The van der Waals surface area contributed by atoms with Crippen LogP contribution in [0.1, 0.15) is 18.5 Å². The number of hydrogen-bond acceptors (Lipinski definition) is 5. The molecule has 1 N–H and O–H groups in total. The number of hydrogen-bond donors (Lipinski definition) is 1. The predicted octanol–water partition coefficient (Wildman–Crippen LogP) is 0.970. The normalized spacial score (nSPS) is 18.9. The van der Waals surface area contributed by atoms with Gasteiger partial charge in [0.25, 0.3) is 5.91 Å². The summed E-state index contributed by atoms with van der Waals surface area (Å²) >= 11 is 0. The number of ether oxygens (including phenoxy) is 1. The number of amides is 1. The van der Waals surface area contributed by atoms with Crippen LogP contribution in [0, 0.1) is 0 Å². The van der Waals surface area contributed by atoms with Crippen molar-refractivity contribution >= 4 is 11.9 Å². The van der Waals surface area contributed by atoms with E-state index in [-0.39, 0.29) is 12.2 Å². The van der Waals surface area contributed by atoms with Crippen LogP contribution in [-0.2, 0) is 14.3 Å². The zero-order chi connectivity index (χ0) is 14.0. The summed E-state index contributed by atoms with van der Waals surface area (Å²) in [5, 5.41) is 9.82. The van der Waals surface area contributed by atoms with E-state index in [0.717, 1.165) is 0 Å². The highest BCUT2D eigenvalue weighted by atomic mass is 16.5. The van der Waals surface area contributed by atoms with Crippen LogP contribution in [0.25, 0.3) is 0 Å². The fraction of sp³-hybridized carbons (Fsp3) is 0.308. The van der Waals surface area contributed by atoms with Gasteiger partial charge >= 0.3 is 5.97 Å². The molecule has 0 spiro atoms. The van der Waals surface area contributed by atoms with Gasteiger partial charge in [-0.05, 0) is 18.6 Å². The third kappa shape index (κ3) is 2.16. The van der Waals surface area contributed by atoms with Crippen LogP contribution < -0.4 is 0 Å². The van der Waals surface area contributed by atoms with Crippen molar-refractivity contribution < 1.29 is 19.4 Å². The Labute approximate surface area is 110 Å². The number of nitrogens with zero attached hydrogens (tertiary/aromatic N) is 2. The van der Waals surface area contributed by atoms with Crippen LogP contribution in [0.3, 0.4) is 0 Å². The molecule has 2 heterocycles. The maximum Gasteiger partial charge on any atom is 0.340 e. The van der Waals surface area contributed by atoms with Gasteiger partial charge < -0.3 is 14.7 Å². The molecular weight excluding hydrogens is 248 g/mol. The molecule has 6 heteroatoms. The molecule has 1 atom stereocenters. The van der Waals surface area contributed by atoms with E-state index in [4.69, 9.17) is 4.74 Å². The molecule has 0 radical (unpaired) electrons. The third-order valence-electron chi connectivity index (χ3n) is 2.93. The maximum atomic E-state index is 11.9. The number of carbonyl (C=O) groups excluding carboxylic acids is 2. The molecule has 1 amide bonds. The van der Waals surface area contributed by atoms with Crippen molar-refractivity contribution in [1.82, 2.24) is 9.88 Å². The summed E-state index contributed by atoms with van der Waals surface area (Å²) in [7, 11) is 1.52. The summed E-state index contributed by atoms with van der Waals surface area (Å²) in [4.78, 5) is 28.9. The molecule has 1 aromatic rings. The number of pyridine rings is 1. The average Bonchev–Trinajstić information content (AvgIpc) is 2.64. The summed E-state index contributed by atoms with van der Waals surface area (Å²) in [5.41, 5.74) is 0.604. The van der Waals surface area contributed by atoms with E-state index in [0.29, 0.717) is 5.56 Å². The van der Waals surface area contributed by atoms with Crippen molar-refractivity contribution in [3.63, 3.8) is 0 Å². The van der Waals surface area contributed by atoms with Crippen LogP contribution in [0.4, 0.5) is 0 Å². The molecule has 2 rings (SSSR count). The number of rotatable bonds is 3. The molecule has 19 heavy (non-hydrogen) atoms. The Morgan fingerprint density at radius 3 is 2.89 bits per heavy atom. The fourth-order valence-electron chi connectivity index (χ4n) is 2.07. The van der Waals surface area contributed by atoms with Crippen molar-refractivity contribution in [2.45, 2.75) is 13.0 Å². The van der Waals surface area contributed by atoms with Crippen LogP contribution >= 0.6 is 0 Å². The molecule has 0 saturated heterocycles. The van der Waals surface area contributed by atoms with Gasteiger partial charge in [-0.2, -0.15) is 0 Å². The maximum absolute atomic E-state index is 11.9. The lowest BCUT2D eigenvalue weighted by molar-refractivity contribution is -0.139. The number of esters is 1. The first kappa shape index (κ1) is 13.1. The van der Waals surface area contributed by atoms with Crippen LogP contribution in [0.2, 0.25) is 0 Å². The minimum atomic E-state index is -0.688. The second-order valence-corrected chi connectivity index (χ2v) is 4.09. The molecule has 1 unspecified atom stereocenters. The Kier molecular flexibility index (Phi) is 3.50. The highest BCUT2D eigenvalue weighted by Crippen LogP contribution is 2.36. The third-order valence-corrected chi connectivity index (χ3v) is 2.93. The molecule has 6 nitrogen and oxygen atoms in total. The number of aliphatic hydroxyl groups excluding tert-OH is 1. The number of aromatic nitrogens is 1. The predicted molar refractivity (Wildman–Crippen MR) is 66.0 cm³/mol. The minimum absolute atomic E-state index is 0.0395. The summed E-state index contributed by atoms with van der Waals surface area (Å²) < 4.78 is 4.89. The first-order valence-electron chi connectivity index (χ1n) is 5.85. The quantitative estimate of drug-likeness (QED) is 0.821. The van der Waals surface area contributed by atoms with E-state index >= 15 is 0 Å². The Hall–Kier alpha value is -2.37. The van der Waals surface area contributed by atoms with Gasteiger partial charge in [0.05, 0.1) is 12.6 Å². The number of likely N-dealkylation sites (N-methyl/N-ethyl adjacent to an activating group) is 1. The van der Waals surface area contributed by atoms with Crippen molar-refractivity contribution in [3.05, 3.63) is 41.4 Å². The topological polar surface area (TPSA) is 79.7 Å². The first-order chi connectivity index (χ1) is 9.07. The second kappa shape index (κ2) is 5.09. The SMILES string of the molecule is CCOC(=O)C1=C(O)C(=O)N(C)C1c1cccnc1. The summed E-state index contributed by atoms with van der Waals surface area (Å²) in [6.45, 7) is 1.84. The molecular formula is C13H14N2O4. The van der Waals surface area contributed by atoms with Crippen molar-refractivity contribution in [2.75, 3.05) is 13.7 Å². The molecule has 100 valence electrons. The lowest BCUT2D eigenvalue weighted by Gasteiger charge is -2.21. The summed E-state index contributed by atoms with van der Waals surface area (Å²) in [5.74, 6) is -1.85. The molecule has 1 aromatic heterocycles. The zero-order valence-electron chi connectivity index (χ0n) is 10.7. The van der Waals surface area contributed by atoms with Gasteiger partial charge in [0.15, 0.2) is 5.76 Å². The van der Waals surface area contributed by atoms with Crippen LogP contribution in [-0.4, -0.2) is 40.5 Å². The lowest BCUT2D eigenvalue weighted by Crippen LogP contribution is -2.27. The Morgan fingerprint density at radius 1 is 1.58 bits per heavy atom. The molecule has 1 aliphatic rings. The van der Waals surface area contributed by atoms with Gasteiger partial charge in [-0.15, -0.1) is 0 Å². The Bertz CT molecular complexity index is 539. The van der Waals surface area contributed by atoms with E-state index in [1.165, 1.54) is 11.9 Å². The first-order valence-corrected chi connectivity index (χ1v) is 5.85. The number of aliphatic hydroxyl groups is 1. The highest BCUT2D eigenvalue weighted by molar-refractivity contribution is 6.06. The van der Waals surface area contributed by atoms with Crippen LogP contribution in [0.15, 0.2) is 35.9 Å². The standard InChI is InChI=1S/C13H14N2O4/c1-3-19-13(18)9-10(8-5-4-6-14-7-8)15(2)12(17)11(9)16/h4-7,10,16H,3H2,1-2H3. The van der Waals surface area contributed by atoms with E-state index < -0.39 is 23.7 Å². The van der Waals surface area contributed by atoms with Gasteiger partial charge in [-0.25, -0.2) is 4.79 Å². The van der Waals surface area contributed by atoms with Crippen LogP contribution in [0.5, 0.6) is 0 Å². The van der Waals surface area contributed by atoms with Gasteiger partial charge in [-0.1, -0.05) is 6.07 Å². The Balaban J connectivity index is 2.46. The second-order valence-electron chi connectivity index (χ2n) is 4.09. The molecule has 0 bridgehead atoms. The molecule has 0 aliphatic carbocycles. The van der Waals surface area contributed by atoms with Crippen molar-refractivity contribution in [2.24, 2.45) is 0 Å². The zero-order valence-corrected chi connectivity index (χ0v) is 10.7. The van der Waals surface area contributed by atoms with Gasteiger partial charge in [-0.3, -0.25) is 9.78 Å². The highest BCUT2D eigenvalue weighted by Gasteiger charge is 2.42. The van der Waals surface area contributed by atoms with Gasteiger partial charge in [0.2, 0.25) is 0 Å².